The van der Waals surface area contributed by atoms with Gasteiger partial charge in [-0.15, -0.1) is 21.6 Å². The molecule has 1 aromatic carbocycles. The third kappa shape index (κ3) is 2.23. The molecule has 1 aliphatic rings. The van der Waals surface area contributed by atoms with Crippen LogP contribution in [0.1, 0.15) is 22.7 Å². The Kier molecular flexibility index (Phi) is 3.11. The lowest BCUT2D eigenvalue weighted by molar-refractivity contribution is 0.459. The van der Waals surface area contributed by atoms with Gasteiger partial charge in [0.05, 0.1) is 10.9 Å². The van der Waals surface area contributed by atoms with Crippen molar-refractivity contribution in [3.05, 3.63) is 40.5 Å². The second-order valence-electron chi connectivity index (χ2n) is 6.20. The average Bonchev–Trinajstić information content (AvgIpc) is 3.24. The highest BCUT2D eigenvalue weighted by molar-refractivity contribution is 7.19. The van der Waals surface area contributed by atoms with Crippen LogP contribution in [0, 0.1) is 6.92 Å². The average molecular weight is 349 g/mol. The highest BCUT2D eigenvalue weighted by Gasteiger charge is 2.22. The minimum absolute atomic E-state index is 0.0162. The van der Waals surface area contributed by atoms with Crippen molar-refractivity contribution in [3.63, 3.8) is 0 Å². The first kappa shape index (κ1) is 14.5. The number of fused-ring (bicyclic) bond motifs is 4. The Balaban J connectivity index is 1.69. The lowest BCUT2D eigenvalue weighted by Crippen LogP contribution is -1.88. The lowest BCUT2D eigenvalue weighted by atomic mass is 10.2. The van der Waals surface area contributed by atoms with E-state index in [9.17, 15) is 5.11 Å². The summed E-state index contributed by atoms with van der Waals surface area (Å²) in [5.41, 5.74) is 2.58. The molecule has 7 heteroatoms. The molecule has 3 heterocycles. The first-order chi connectivity index (χ1) is 12.2. The number of aryl methyl sites for hydroxylation is 3. The zero-order chi connectivity index (χ0) is 17.0. The van der Waals surface area contributed by atoms with E-state index in [1.807, 2.05) is 31.2 Å². The van der Waals surface area contributed by atoms with Crippen molar-refractivity contribution in [1.82, 2.24) is 15.0 Å². The molecule has 0 saturated heterocycles. The van der Waals surface area contributed by atoms with Crippen LogP contribution < -0.4 is 0 Å². The maximum absolute atomic E-state index is 10.2. The normalized spacial score (nSPS) is 14.1. The van der Waals surface area contributed by atoms with Crippen molar-refractivity contribution in [1.29, 1.82) is 0 Å². The monoisotopic (exact) mass is 349 g/mol. The minimum atomic E-state index is 0.0162. The number of H-pyrrole nitrogens is 1. The number of nitrogens with one attached hydrogen (secondary N) is 1. The molecule has 0 spiro atoms. The van der Waals surface area contributed by atoms with Crippen LogP contribution in [0.5, 0.6) is 5.88 Å². The second kappa shape index (κ2) is 5.35. The van der Waals surface area contributed by atoms with Gasteiger partial charge in [0.15, 0.2) is 11.5 Å². The summed E-state index contributed by atoms with van der Waals surface area (Å²) in [4.78, 5) is 14.4. The fourth-order valence-corrected chi connectivity index (χ4v) is 4.77. The standard InChI is InChI=1S/C18H15N5OS/c1-9-19-16(14-11-6-4-8-13(11)25-18(14)20-9)23-22-15-10-5-2-3-7-12(10)21-17(15)24/h2-3,5,7,21,24H,4,6,8H2,1H3. The Morgan fingerprint density at radius 3 is 2.96 bits per heavy atom. The zero-order valence-electron chi connectivity index (χ0n) is 13.6. The fraction of sp³-hybridized carbons (Fsp3) is 0.222. The number of para-hydroxylation sites is 1. The van der Waals surface area contributed by atoms with Crippen LogP contribution in [0.2, 0.25) is 0 Å². The Morgan fingerprint density at radius 1 is 1.16 bits per heavy atom. The molecule has 25 heavy (non-hydrogen) atoms. The molecular formula is C18H15N5OS. The quantitative estimate of drug-likeness (QED) is 0.494. The van der Waals surface area contributed by atoms with Crippen molar-refractivity contribution in [3.8, 4) is 5.88 Å². The van der Waals surface area contributed by atoms with Crippen LogP contribution in [-0.2, 0) is 12.8 Å². The van der Waals surface area contributed by atoms with Crippen molar-refractivity contribution < 1.29 is 5.11 Å². The van der Waals surface area contributed by atoms with Gasteiger partial charge in [-0.25, -0.2) is 9.97 Å². The van der Waals surface area contributed by atoms with Gasteiger partial charge in [0.2, 0.25) is 5.88 Å². The summed E-state index contributed by atoms with van der Waals surface area (Å²) < 4.78 is 0. The SMILES string of the molecule is Cc1nc(N=Nc2c(O)[nH]c3ccccc23)c2c3c(sc2n1)CCC3. The van der Waals surface area contributed by atoms with Gasteiger partial charge in [-0.1, -0.05) is 18.2 Å². The number of aromatic amines is 1. The van der Waals surface area contributed by atoms with Gasteiger partial charge in [-0.05, 0) is 37.8 Å². The molecule has 6 nitrogen and oxygen atoms in total. The summed E-state index contributed by atoms with van der Waals surface area (Å²) in [6, 6.07) is 7.62. The summed E-state index contributed by atoms with van der Waals surface area (Å²) in [7, 11) is 0. The van der Waals surface area contributed by atoms with E-state index in [2.05, 4.69) is 25.2 Å². The number of azo groups is 1. The molecular weight excluding hydrogens is 334 g/mol. The van der Waals surface area contributed by atoms with E-state index >= 15 is 0 Å². The van der Waals surface area contributed by atoms with Gasteiger partial charge in [0, 0.05) is 10.3 Å². The predicted molar refractivity (Wildman–Crippen MR) is 98.3 cm³/mol. The van der Waals surface area contributed by atoms with Gasteiger partial charge in [-0.2, -0.15) is 0 Å². The molecule has 4 aromatic rings. The van der Waals surface area contributed by atoms with E-state index in [0.29, 0.717) is 17.3 Å². The Labute approximate surface area is 147 Å². The number of thiophene rings is 1. The molecule has 0 radical (unpaired) electrons. The Bertz CT molecular complexity index is 1160. The van der Waals surface area contributed by atoms with Gasteiger partial charge in [-0.3, -0.25) is 0 Å². The summed E-state index contributed by atoms with van der Waals surface area (Å²) in [5, 5.41) is 20.7. The number of nitrogens with zero attached hydrogens (tertiary/aromatic N) is 4. The lowest BCUT2D eigenvalue weighted by Gasteiger charge is -2.00. The maximum Gasteiger partial charge on any atom is 0.218 e. The van der Waals surface area contributed by atoms with Crippen LogP contribution in [0.25, 0.3) is 21.1 Å². The highest BCUT2D eigenvalue weighted by Crippen LogP contribution is 2.41. The van der Waals surface area contributed by atoms with E-state index in [0.717, 1.165) is 34.0 Å². The van der Waals surface area contributed by atoms with E-state index < -0.39 is 0 Å². The first-order valence-corrected chi connectivity index (χ1v) is 9.02. The van der Waals surface area contributed by atoms with E-state index in [1.54, 1.807) is 11.3 Å². The number of hydrogen-bond donors (Lipinski definition) is 2. The topological polar surface area (TPSA) is 86.5 Å². The first-order valence-electron chi connectivity index (χ1n) is 8.21. The maximum atomic E-state index is 10.2. The van der Waals surface area contributed by atoms with E-state index in [1.165, 1.54) is 16.9 Å². The van der Waals surface area contributed by atoms with Crippen LogP contribution in [0.15, 0.2) is 34.5 Å². The van der Waals surface area contributed by atoms with Crippen LogP contribution in [0.3, 0.4) is 0 Å². The highest BCUT2D eigenvalue weighted by atomic mass is 32.1. The van der Waals surface area contributed by atoms with Crippen molar-refractivity contribution in [2.24, 2.45) is 10.2 Å². The molecule has 0 unspecified atom stereocenters. The molecule has 0 fully saturated rings. The second-order valence-corrected chi connectivity index (χ2v) is 7.28. The van der Waals surface area contributed by atoms with Gasteiger partial charge >= 0.3 is 0 Å². The van der Waals surface area contributed by atoms with Gasteiger partial charge in [0.1, 0.15) is 10.7 Å². The predicted octanol–water partition coefficient (Wildman–Crippen LogP) is 5.09. The summed E-state index contributed by atoms with van der Waals surface area (Å²) in [6.45, 7) is 1.87. The molecule has 2 N–H and O–H groups in total. The van der Waals surface area contributed by atoms with Crippen LogP contribution in [-0.4, -0.2) is 20.1 Å². The molecule has 5 rings (SSSR count). The zero-order valence-corrected chi connectivity index (χ0v) is 14.4. The molecule has 3 aromatic heterocycles. The van der Waals surface area contributed by atoms with Crippen molar-refractivity contribution >= 4 is 44.0 Å². The Morgan fingerprint density at radius 2 is 2.04 bits per heavy atom. The Hall–Kier alpha value is -2.80. The fourth-order valence-electron chi connectivity index (χ4n) is 3.46. The smallest absolute Gasteiger partial charge is 0.218 e. The largest absolute Gasteiger partial charge is 0.493 e. The summed E-state index contributed by atoms with van der Waals surface area (Å²) >= 11 is 1.74. The third-order valence-electron chi connectivity index (χ3n) is 4.56. The van der Waals surface area contributed by atoms with Crippen molar-refractivity contribution in [2.45, 2.75) is 26.2 Å². The van der Waals surface area contributed by atoms with Crippen LogP contribution >= 0.6 is 11.3 Å². The number of benzene rings is 1. The number of rotatable bonds is 2. The van der Waals surface area contributed by atoms with E-state index in [4.69, 9.17) is 0 Å². The van der Waals surface area contributed by atoms with Gasteiger partial charge < -0.3 is 10.1 Å². The molecule has 0 amide bonds. The minimum Gasteiger partial charge on any atom is -0.493 e. The summed E-state index contributed by atoms with van der Waals surface area (Å²) in [6.07, 6.45) is 3.32. The van der Waals surface area contributed by atoms with E-state index in [-0.39, 0.29) is 5.88 Å². The molecule has 124 valence electrons. The molecule has 1 aliphatic carbocycles. The summed E-state index contributed by atoms with van der Waals surface area (Å²) in [5.74, 6) is 1.29. The van der Waals surface area contributed by atoms with Gasteiger partial charge in [0.25, 0.3) is 0 Å². The third-order valence-corrected chi connectivity index (χ3v) is 5.75. The number of hydrogen-bond acceptors (Lipinski definition) is 6. The van der Waals surface area contributed by atoms with Crippen molar-refractivity contribution in [2.75, 3.05) is 0 Å². The molecule has 0 aliphatic heterocycles. The number of aromatic hydroxyl groups is 1. The molecule has 0 atom stereocenters. The molecule has 0 saturated carbocycles. The molecule has 0 bridgehead atoms. The van der Waals surface area contributed by atoms with Crippen LogP contribution in [0.4, 0.5) is 11.5 Å². The number of aromatic nitrogens is 3.